The number of ether oxygens (including phenoxy) is 2. The molecule has 0 aliphatic carbocycles. The monoisotopic (exact) mass is 348 g/mol. The summed E-state index contributed by atoms with van der Waals surface area (Å²) in [7, 11) is -1.29. The van der Waals surface area contributed by atoms with Crippen LogP contribution in [0.3, 0.4) is 0 Å². The van der Waals surface area contributed by atoms with Crippen LogP contribution < -0.4 is 8.92 Å². The average molecular weight is 348 g/mol. The predicted molar refractivity (Wildman–Crippen MR) is 88.3 cm³/mol. The molecule has 0 aromatic heterocycles. The van der Waals surface area contributed by atoms with E-state index in [2.05, 4.69) is 4.74 Å². The molecule has 0 N–H and O–H groups in total. The number of hydrogen-bond acceptors (Lipinski definition) is 6. The van der Waals surface area contributed by atoms with E-state index >= 15 is 0 Å². The fourth-order valence-corrected chi connectivity index (χ4v) is 2.80. The van der Waals surface area contributed by atoms with E-state index in [4.69, 9.17) is 8.92 Å². The molecule has 24 heavy (non-hydrogen) atoms. The summed E-state index contributed by atoms with van der Waals surface area (Å²) in [5.41, 5.74) is 0.627. The Labute approximate surface area is 140 Å². The number of benzene rings is 2. The second-order valence-electron chi connectivity index (χ2n) is 4.62. The lowest BCUT2D eigenvalue weighted by molar-refractivity contribution is -0.134. The van der Waals surface area contributed by atoms with Gasteiger partial charge in [-0.2, -0.15) is 8.42 Å². The van der Waals surface area contributed by atoms with Crippen LogP contribution in [-0.4, -0.2) is 28.6 Å². The number of hydrogen-bond donors (Lipinski definition) is 0. The van der Waals surface area contributed by atoms with Gasteiger partial charge in [0.1, 0.15) is 4.90 Å². The van der Waals surface area contributed by atoms with E-state index in [9.17, 15) is 13.2 Å². The van der Waals surface area contributed by atoms with Crippen molar-refractivity contribution < 1.29 is 26.9 Å². The Morgan fingerprint density at radius 3 is 2.33 bits per heavy atom. The summed E-state index contributed by atoms with van der Waals surface area (Å²) in [5.74, 6) is -0.223. The van der Waals surface area contributed by atoms with Gasteiger partial charge in [-0.05, 0) is 35.9 Å². The molecule has 7 heteroatoms. The van der Waals surface area contributed by atoms with Crippen LogP contribution in [0.15, 0.2) is 59.5 Å². The van der Waals surface area contributed by atoms with Crippen LogP contribution >= 0.6 is 0 Å². The van der Waals surface area contributed by atoms with Gasteiger partial charge in [0, 0.05) is 6.08 Å². The van der Waals surface area contributed by atoms with Crippen LogP contribution in [0.25, 0.3) is 6.08 Å². The number of carbonyl (C=O) groups excluding carboxylic acids is 1. The summed E-state index contributed by atoms with van der Waals surface area (Å²) in [6.07, 6.45) is 2.76. The van der Waals surface area contributed by atoms with Crippen LogP contribution in [0.2, 0.25) is 0 Å². The molecule has 0 saturated heterocycles. The Balaban J connectivity index is 2.28. The van der Waals surface area contributed by atoms with Crippen molar-refractivity contribution in [2.45, 2.75) is 4.90 Å². The molecule has 0 unspecified atom stereocenters. The lowest BCUT2D eigenvalue weighted by Crippen LogP contribution is -2.10. The van der Waals surface area contributed by atoms with Gasteiger partial charge in [0.15, 0.2) is 11.5 Å². The van der Waals surface area contributed by atoms with Crippen LogP contribution in [-0.2, 0) is 19.6 Å². The molecule has 2 aromatic rings. The third kappa shape index (κ3) is 4.36. The summed E-state index contributed by atoms with van der Waals surface area (Å²) in [4.78, 5) is 11.2. The highest BCUT2D eigenvalue weighted by Gasteiger charge is 2.18. The van der Waals surface area contributed by atoms with Crippen molar-refractivity contribution in [1.82, 2.24) is 0 Å². The fourth-order valence-electron chi connectivity index (χ4n) is 1.84. The first-order valence-corrected chi connectivity index (χ1v) is 8.30. The predicted octanol–water partition coefficient (Wildman–Crippen LogP) is 2.65. The smallest absolute Gasteiger partial charge is 0.339 e. The molecule has 2 aromatic carbocycles. The van der Waals surface area contributed by atoms with E-state index < -0.39 is 16.1 Å². The maximum atomic E-state index is 12.3. The molecule has 0 saturated carbocycles. The molecule has 0 radical (unpaired) electrons. The van der Waals surface area contributed by atoms with E-state index in [0.29, 0.717) is 5.56 Å². The minimum atomic E-state index is -3.96. The third-order valence-corrected chi connectivity index (χ3v) is 4.28. The topological polar surface area (TPSA) is 78.9 Å². The summed E-state index contributed by atoms with van der Waals surface area (Å²) in [5, 5.41) is 0. The first-order chi connectivity index (χ1) is 11.5. The van der Waals surface area contributed by atoms with Gasteiger partial charge in [-0.3, -0.25) is 0 Å². The average Bonchev–Trinajstić information content (AvgIpc) is 2.61. The van der Waals surface area contributed by atoms with Crippen LogP contribution in [0.4, 0.5) is 0 Å². The molecule has 0 bridgehead atoms. The maximum Gasteiger partial charge on any atom is 0.339 e. The van der Waals surface area contributed by atoms with Gasteiger partial charge >= 0.3 is 16.1 Å². The molecule has 126 valence electrons. The van der Waals surface area contributed by atoms with E-state index in [1.165, 1.54) is 44.6 Å². The molecular weight excluding hydrogens is 332 g/mol. The van der Waals surface area contributed by atoms with Crippen molar-refractivity contribution in [2.24, 2.45) is 0 Å². The van der Waals surface area contributed by atoms with E-state index in [0.717, 1.165) is 0 Å². The molecule has 0 aliphatic heterocycles. The zero-order valence-corrected chi connectivity index (χ0v) is 13.9. The second-order valence-corrected chi connectivity index (χ2v) is 6.16. The fraction of sp³-hybridized carbons (Fsp3) is 0.118. The largest absolute Gasteiger partial charge is 0.493 e. The van der Waals surface area contributed by atoms with Crippen molar-refractivity contribution in [3.05, 3.63) is 60.2 Å². The van der Waals surface area contributed by atoms with Gasteiger partial charge in [0.05, 0.1) is 14.2 Å². The Bertz CT molecular complexity index is 841. The number of methoxy groups -OCH3 is 2. The molecule has 0 fully saturated rings. The van der Waals surface area contributed by atoms with Gasteiger partial charge in [-0.25, -0.2) is 4.79 Å². The van der Waals surface area contributed by atoms with Gasteiger partial charge < -0.3 is 13.7 Å². The molecular formula is C17H16O6S. The molecule has 0 heterocycles. The minimum absolute atomic E-state index is 0.0433. The first kappa shape index (κ1) is 17.6. The SMILES string of the molecule is COC(=O)/C=C/c1ccc(OS(=O)(=O)c2ccccc2)c(OC)c1. The van der Waals surface area contributed by atoms with Gasteiger partial charge in [-0.1, -0.05) is 24.3 Å². The van der Waals surface area contributed by atoms with Gasteiger partial charge in [0.25, 0.3) is 0 Å². The highest BCUT2D eigenvalue weighted by Crippen LogP contribution is 2.31. The van der Waals surface area contributed by atoms with Crippen molar-refractivity contribution in [3.63, 3.8) is 0 Å². The zero-order valence-electron chi connectivity index (χ0n) is 13.1. The van der Waals surface area contributed by atoms with E-state index in [1.807, 2.05) is 0 Å². The zero-order chi connectivity index (χ0) is 17.6. The molecule has 0 atom stereocenters. The summed E-state index contributed by atoms with van der Waals surface area (Å²) >= 11 is 0. The Morgan fingerprint density at radius 1 is 1.00 bits per heavy atom. The van der Waals surface area contributed by atoms with Crippen molar-refractivity contribution >= 4 is 22.2 Å². The van der Waals surface area contributed by atoms with Crippen LogP contribution in [0.5, 0.6) is 11.5 Å². The normalized spacial score (nSPS) is 11.2. The highest BCUT2D eigenvalue weighted by molar-refractivity contribution is 7.87. The maximum absolute atomic E-state index is 12.3. The summed E-state index contributed by atoms with van der Waals surface area (Å²) < 4.78 is 39.3. The number of esters is 1. The van der Waals surface area contributed by atoms with Crippen LogP contribution in [0, 0.1) is 0 Å². The van der Waals surface area contributed by atoms with Gasteiger partial charge in [0.2, 0.25) is 0 Å². The summed E-state index contributed by atoms with van der Waals surface area (Å²) in [6.45, 7) is 0. The Morgan fingerprint density at radius 2 is 1.71 bits per heavy atom. The standard InChI is InChI=1S/C17H16O6S/c1-21-16-12-13(9-11-17(18)22-2)8-10-15(16)23-24(19,20)14-6-4-3-5-7-14/h3-12H,1-2H3/b11-9+. The van der Waals surface area contributed by atoms with Crippen molar-refractivity contribution in [3.8, 4) is 11.5 Å². The number of rotatable bonds is 6. The molecule has 0 aliphatic rings. The first-order valence-electron chi connectivity index (χ1n) is 6.90. The Hall–Kier alpha value is -2.80. The molecule has 6 nitrogen and oxygen atoms in total. The molecule has 0 spiro atoms. The molecule has 0 amide bonds. The third-order valence-electron chi connectivity index (χ3n) is 3.03. The van der Waals surface area contributed by atoms with Crippen molar-refractivity contribution in [1.29, 1.82) is 0 Å². The lowest BCUT2D eigenvalue weighted by atomic mass is 10.2. The quantitative estimate of drug-likeness (QED) is 0.454. The lowest BCUT2D eigenvalue weighted by Gasteiger charge is -2.11. The number of carbonyl (C=O) groups is 1. The Kier molecular flexibility index (Phi) is 5.59. The summed E-state index contributed by atoms with van der Waals surface area (Å²) in [6, 6.07) is 12.4. The second kappa shape index (κ2) is 7.65. The molecule has 2 rings (SSSR count). The highest BCUT2D eigenvalue weighted by atomic mass is 32.2. The van der Waals surface area contributed by atoms with E-state index in [-0.39, 0.29) is 16.4 Å². The van der Waals surface area contributed by atoms with Crippen molar-refractivity contribution in [2.75, 3.05) is 14.2 Å². The van der Waals surface area contributed by atoms with Crippen LogP contribution in [0.1, 0.15) is 5.56 Å². The van der Waals surface area contributed by atoms with E-state index in [1.54, 1.807) is 30.3 Å². The van der Waals surface area contributed by atoms with Gasteiger partial charge in [-0.15, -0.1) is 0 Å². The minimum Gasteiger partial charge on any atom is -0.493 e.